The smallest absolute Gasteiger partial charge is 0.224 e. The number of likely N-dealkylation sites (tertiary alicyclic amines) is 1. The second kappa shape index (κ2) is 9.57. The fourth-order valence-electron chi connectivity index (χ4n) is 5.61. The van der Waals surface area contributed by atoms with Crippen LogP contribution >= 0.6 is 11.3 Å². The Labute approximate surface area is 226 Å². The number of amides is 1. The average Bonchev–Trinajstić information content (AvgIpc) is 3.43. The number of hydrogen-bond acceptors (Lipinski definition) is 6. The molecule has 1 aromatic carbocycles. The van der Waals surface area contributed by atoms with E-state index in [1.807, 2.05) is 13.8 Å². The van der Waals surface area contributed by atoms with Gasteiger partial charge in [0.1, 0.15) is 11.7 Å². The largest absolute Gasteiger partial charge is 0.409 e. The Morgan fingerprint density at radius 1 is 1.24 bits per heavy atom. The van der Waals surface area contributed by atoms with E-state index in [9.17, 15) is 4.79 Å². The van der Waals surface area contributed by atoms with E-state index in [2.05, 4.69) is 79.8 Å². The molecule has 3 aliphatic heterocycles. The maximum atomic E-state index is 11.9. The predicted molar refractivity (Wildman–Crippen MR) is 152 cm³/mol. The molecule has 1 amide bonds. The summed E-state index contributed by atoms with van der Waals surface area (Å²) in [6.45, 7) is 18.1. The molecule has 8 heteroatoms. The third-order valence-corrected chi connectivity index (χ3v) is 14.1. The normalized spacial score (nSPS) is 26.9. The van der Waals surface area contributed by atoms with Crippen LogP contribution in [0.3, 0.4) is 0 Å². The van der Waals surface area contributed by atoms with Gasteiger partial charge in [-0.1, -0.05) is 39.0 Å². The lowest BCUT2D eigenvalue weighted by Gasteiger charge is -2.44. The third kappa shape index (κ3) is 5.34. The van der Waals surface area contributed by atoms with Crippen molar-refractivity contribution in [2.45, 2.75) is 95.6 Å². The Hall–Kier alpha value is -1.55. The molecule has 1 N–H and O–H groups in total. The molecule has 2 saturated heterocycles. The Balaban J connectivity index is 1.41. The summed E-state index contributed by atoms with van der Waals surface area (Å²) in [7, 11) is -2.04. The maximum absolute atomic E-state index is 11.9. The number of fused-ring (bicyclic) bond motifs is 2. The van der Waals surface area contributed by atoms with Crippen LogP contribution in [0.25, 0.3) is 0 Å². The summed E-state index contributed by atoms with van der Waals surface area (Å²) in [4.78, 5) is 15.7. The summed E-state index contributed by atoms with van der Waals surface area (Å²) in [6, 6.07) is 10.7. The molecule has 2 fully saturated rings. The first-order valence-electron chi connectivity index (χ1n) is 13.5. The number of ether oxygens (including phenoxy) is 2. The lowest BCUT2D eigenvalue weighted by molar-refractivity contribution is -0.164. The van der Waals surface area contributed by atoms with Crippen LogP contribution in [0.1, 0.15) is 69.6 Å². The molecule has 0 unspecified atom stereocenters. The number of aryl methyl sites for hydroxylation is 1. The molecule has 0 saturated carbocycles. The van der Waals surface area contributed by atoms with Crippen molar-refractivity contribution >= 4 is 31.2 Å². The summed E-state index contributed by atoms with van der Waals surface area (Å²) in [5.41, 5.74) is 2.95. The quantitative estimate of drug-likeness (QED) is 0.425. The van der Waals surface area contributed by atoms with E-state index in [1.165, 1.54) is 16.0 Å². The minimum Gasteiger partial charge on any atom is -0.409 e. The van der Waals surface area contributed by atoms with E-state index in [-0.39, 0.29) is 28.8 Å². The highest BCUT2D eigenvalue weighted by Gasteiger charge is 2.57. The zero-order valence-corrected chi connectivity index (χ0v) is 25.2. The van der Waals surface area contributed by atoms with Crippen molar-refractivity contribution in [3.8, 4) is 0 Å². The van der Waals surface area contributed by atoms with E-state index in [0.717, 1.165) is 38.2 Å². The number of carbonyl (C=O) groups is 1. The van der Waals surface area contributed by atoms with Gasteiger partial charge >= 0.3 is 0 Å². The lowest BCUT2D eigenvalue weighted by atomic mass is 9.86. The van der Waals surface area contributed by atoms with Crippen LogP contribution in [0, 0.1) is 0 Å². The first-order valence-corrected chi connectivity index (χ1v) is 17.3. The fraction of sp³-hybridized carbons (Fsp3) is 0.621. The minimum atomic E-state index is -2.04. The molecule has 3 atom stereocenters. The number of benzene rings is 1. The van der Waals surface area contributed by atoms with Gasteiger partial charge in [0, 0.05) is 36.6 Å². The number of rotatable bonds is 6. The molecule has 1 aromatic heterocycles. The Morgan fingerprint density at radius 3 is 2.73 bits per heavy atom. The SMILES string of the molecule is CC1(C)O[C@H]2CN(C[C@@H](O[Si](C)(C)C(C)(C)C)c3ccc4c(c3)CCC(=O)N4)CC[C@]2(c2cccs2)O1. The number of anilines is 1. The van der Waals surface area contributed by atoms with Crippen LogP contribution in [0.15, 0.2) is 35.7 Å². The van der Waals surface area contributed by atoms with Crippen molar-refractivity contribution in [3.05, 3.63) is 51.7 Å². The van der Waals surface area contributed by atoms with Crippen molar-refractivity contribution in [3.63, 3.8) is 0 Å². The van der Waals surface area contributed by atoms with Crippen LogP contribution in [-0.2, 0) is 30.7 Å². The van der Waals surface area contributed by atoms with Gasteiger partial charge < -0.3 is 19.2 Å². The van der Waals surface area contributed by atoms with Crippen LogP contribution in [-0.4, -0.2) is 50.6 Å². The minimum absolute atomic E-state index is 0.0258. The molecule has 2 aromatic rings. The molecule has 6 nitrogen and oxygen atoms in total. The van der Waals surface area contributed by atoms with Crippen molar-refractivity contribution in [2.24, 2.45) is 0 Å². The molecule has 0 aliphatic carbocycles. The number of nitrogens with zero attached hydrogens (tertiary/aromatic N) is 1. The Morgan fingerprint density at radius 2 is 2.03 bits per heavy atom. The van der Waals surface area contributed by atoms with Gasteiger partial charge in [0.25, 0.3) is 0 Å². The van der Waals surface area contributed by atoms with Crippen LogP contribution in [0.4, 0.5) is 5.69 Å². The lowest BCUT2D eigenvalue weighted by Crippen LogP contribution is -2.53. The molecule has 37 heavy (non-hydrogen) atoms. The first-order chi connectivity index (χ1) is 17.3. The fourth-order valence-corrected chi connectivity index (χ4v) is 7.82. The van der Waals surface area contributed by atoms with Gasteiger partial charge in [-0.3, -0.25) is 9.69 Å². The van der Waals surface area contributed by atoms with Gasteiger partial charge in [-0.15, -0.1) is 11.3 Å². The van der Waals surface area contributed by atoms with E-state index < -0.39 is 14.1 Å². The van der Waals surface area contributed by atoms with E-state index >= 15 is 0 Å². The van der Waals surface area contributed by atoms with Crippen LogP contribution < -0.4 is 5.32 Å². The van der Waals surface area contributed by atoms with E-state index in [0.29, 0.717) is 6.42 Å². The maximum Gasteiger partial charge on any atom is 0.224 e. The number of thiophene rings is 1. The second-order valence-corrected chi connectivity index (χ2v) is 18.5. The highest BCUT2D eigenvalue weighted by atomic mass is 32.1. The van der Waals surface area contributed by atoms with Gasteiger partial charge in [0.05, 0.1) is 6.10 Å². The molecule has 0 bridgehead atoms. The number of nitrogens with one attached hydrogen (secondary N) is 1. The van der Waals surface area contributed by atoms with Gasteiger partial charge in [-0.05, 0) is 73.5 Å². The topological polar surface area (TPSA) is 60.0 Å². The highest BCUT2D eigenvalue weighted by molar-refractivity contribution is 7.10. The Kier molecular flexibility index (Phi) is 6.99. The van der Waals surface area contributed by atoms with Crippen LogP contribution in [0.2, 0.25) is 18.1 Å². The molecule has 202 valence electrons. The second-order valence-electron chi connectivity index (χ2n) is 12.8. The summed E-state index contributed by atoms with van der Waals surface area (Å²) < 4.78 is 20.2. The molecular weight excluding hydrogens is 500 g/mol. The zero-order chi connectivity index (χ0) is 26.6. The molecule has 3 aliphatic rings. The van der Waals surface area contributed by atoms with Crippen LogP contribution in [0.5, 0.6) is 0 Å². The molecule has 0 spiro atoms. The number of carbonyl (C=O) groups excluding carboxylic acids is 1. The van der Waals surface area contributed by atoms with Gasteiger partial charge in [-0.25, -0.2) is 0 Å². The number of hydrogen-bond donors (Lipinski definition) is 1. The van der Waals surface area contributed by atoms with Gasteiger partial charge in [0.15, 0.2) is 14.1 Å². The molecular formula is C29H42N2O4SSi. The van der Waals surface area contributed by atoms with Gasteiger partial charge in [-0.2, -0.15) is 0 Å². The highest BCUT2D eigenvalue weighted by Crippen LogP contribution is 2.50. The standard InChI is InChI=1S/C29H42N2O4SSi/c1-27(2,3)37(6,7)34-23(21-10-12-22-20(17-21)11-13-26(32)30-22)18-31-15-14-29(25-9-8-16-36-25)24(19-31)33-28(4,5)35-29/h8-10,12,16-17,23-24H,11,13-15,18-19H2,1-7H3,(H,30,32)/t23-,24+,29+/m1/s1. The average molecular weight is 543 g/mol. The first kappa shape index (κ1) is 27.0. The monoisotopic (exact) mass is 542 g/mol. The van der Waals surface area contributed by atoms with Crippen molar-refractivity contribution in [1.29, 1.82) is 0 Å². The van der Waals surface area contributed by atoms with Crippen molar-refractivity contribution in [2.75, 3.05) is 25.0 Å². The van der Waals surface area contributed by atoms with Gasteiger partial charge in [0.2, 0.25) is 5.91 Å². The third-order valence-electron chi connectivity index (χ3n) is 8.60. The number of piperidine rings is 1. The summed E-state index contributed by atoms with van der Waals surface area (Å²) in [6.07, 6.45) is 2.13. The summed E-state index contributed by atoms with van der Waals surface area (Å²) in [5, 5.41) is 5.26. The Bertz CT molecular complexity index is 1140. The molecule has 4 heterocycles. The predicted octanol–water partition coefficient (Wildman–Crippen LogP) is 6.45. The molecule has 5 rings (SSSR count). The van der Waals surface area contributed by atoms with Crippen molar-refractivity contribution < 1.29 is 18.7 Å². The zero-order valence-electron chi connectivity index (χ0n) is 23.3. The van der Waals surface area contributed by atoms with E-state index in [4.69, 9.17) is 13.9 Å². The summed E-state index contributed by atoms with van der Waals surface area (Å²) >= 11 is 1.76. The van der Waals surface area contributed by atoms with E-state index in [1.54, 1.807) is 11.3 Å². The van der Waals surface area contributed by atoms with Crippen molar-refractivity contribution in [1.82, 2.24) is 4.90 Å². The molecule has 0 radical (unpaired) electrons. The summed E-state index contributed by atoms with van der Waals surface area (Å²) in [5.74, 6) is -0.511.